The van der Waals surface area contributed by atoms with Crippen molar-refractivity contribution in [2.24, 2.45) is 7.05 Å². The van der Waals surface area contributed by atoms with Crippen LogP contribution in [0.4, 0.5) is 4.79 Å². The van der Waals surface area contributed by atoms with Crippen LogP contribution in [0.1, 0.15) is 48.2 Å². The molecule has 57 heavy (non-hydrogen) atoms. The zero-order valence-electron chi connectivity index (χ0n) is 31.1. The number of imidazole rings is 2. The van der Waals surface area contributed by atoms with Gasteiger partial charge in [-0.15, -0.1) is 10.2 Å². The predicted molar refractivity (Wildman–Crippen MR) is 220 cm³/mol. The number of carbonyl (C=O) groups excluding carboxylic acids is 2. The molecule has 0 aliphatic carbocycles. The number of tetrazole rings is 1. The Morgan fingerprint density at radius 1 is 0.930 bits per heavy atom. The third-order valence-corrected chi connectivity index (χ3v) is 12.5. The molecule has 1 aliphatic heterocycles. The van der Waals surface area contributed by atoms with Crippen molar-refractivity contribution >= 4 is 56.3 Å². The van der Waals surface area contributed by atoms with Crippen LogP contribution in [0.3, 0.4) is 0 Å². The van der Waals surface area contributed by atoms with Gasteiger partial charge in [-0.25, -0.2) is 9.97 Å². The SMILES string of the molecule is CCCCc1nc(Cl)c(CS(=O)c2ccc3nc(COc4ccc(CC5SC(=O)NC5=O)cc4)n(C)c3c2)n1Cc1ccc(-c2ccccc2-c2nn[nH]n2)cc1. The molecule has 4 aromatic carbocycles. The lowest BCUT2D eigenvalue weighted by molar-refractivity contribution is -0.118. The Labute approximate surface area is 340 Å². The molecule has 8 rings (SSSR count). The Kier molecular flexibility index (Phi) is 11.3. The van der Waals surface area contributed by atoms with Crippen molar-refractivity contribution < 1.29 is 18.5 Å². The maximum atomic E-state index is 14.1. The van der Waals surface area contributed by atoms with Crippen LogP contribution in [0.25, 0.3) is 33.5 Å². The topological polar surface area (TPSA) is 163 Å². The fourth-order valence-electron chi connectivity index (χ4n) is 6.84. The number of unbranched alkanes of at least 4 members (excludes halogenated alkanes) is 1. The lowest BCUT2D eigenvalue weighted by Crippen LogP contribution is -2.25. The quantitative estimate of drug-likeness (QED) is 0.106. The van der Waals surface area contributed by atoms with Crippen LogP contribution in [0.2, 0.25) is 5.15 Å². The molecule has 0 bridgehead atoms. The normalized spacial score (nSPS) is 14.7. The summed E-state index contributed by atoms with van der Waals surface area (Å²) in [5, 5.41) is 16.6. The number of ether oxygens (including phenoxy) is 1. The number of rotatable bonds is 15. The summed E-state index contributed by atoms with van der Waals surface area (Å²) in [7, 11) is 0.482. The molecule has 2 amide bonds. The molecule has 1 saturated heterocycles. The number of amides is 2. The second-order valence-corrected chi connectivity index (χ2v) is 16.7. The maximum Gasteiger partial charge on any atom is 0.286 e. The Balaban J connectivity index is 0.969. The monoisotopic (exact) mass is 819 g/mol. The molecule has 7 aromatic rings. The number of imide groups is 1. The van der Waals surface area contributed by atoms with E-state index in [9.17, 15) is 13.8 Å². The summed E-state index contributed by atoms with van der Waals surface area (Å²) in [5.41, 5.74) is 7.24. The number of aromatic amines is 1. The molecule has 0 radical (unpaired) electrons. The highest BCUT2D eigenvalue weighted by Crippen LogP contribution is 2.31. The fraction of sp³-hybridized carbons (Fsp3) is 0.244. The van der Waals surface area contributed by atoms with Crippen LogP contribution >= 0.6 is 23.4 Å². The molecule has 290 valence electrons. The average molecular weight is 820 g/mol. The standard InChI is InChI=1S/C41H38ClN9O4S2/c1-3-4-9-36-44-38(42)34(51(36)22-26-10-14-27(15-11-26)30-7-5-6-8-31(30)39-46-48-49-47-39)24-57(54)29-18-19-32-33(21-29)50(2)37(43-32)23-55-28-16-12-25(13-17-28)20-35-40(52)45-41(53)56-35/h5-8,10-19,21,35H,3-4,9,20,22-24H2,1-2H3,(H,45,52,53)(H,46,47,48,49). The second kappa shape index (κ2) is 16.8. The summed E-state index contributed by atoms with van der Waals surface area (Å²) in [5.74, 6) is 2.71. The first-order chi connectivity index (χ1) is 27.7. The van der Waals surface area contributed by atoms with E-state index in [1.54, 1.807) is 0 Å². The van der Waals surface area contributed by atoms with Gasteiger partial charge in [0.2, 0.25) is 11.7 Å². The highest BCUT2D eigenvalue weighted by Gasteiger charge is 2.31. The molecule has 0 saturated carbocycles. The van der Waals surface area contributed by atoms with Gasteiger partial charge in [0.05, 0.1) is 38.5 Å². The number of benzene rings is 4. The Morgan fingerprint density at radius 2 is 1.70 bits per heavy atom. The number of nitrogens with one attached hydrogen (secondary N) is 2. The highest BCUT2D eigenvalue weighted by atomic mass is 35.5. The second-order valence-electron chi connectivity index (χ2n) is 13.7. The predicted octanol–water partition coefficient (Wildman–Crippen LogP) is 7.44. The minimum Gasteiger partial charge on any atom is -0.486 e. The van der Waals surface area contributed by atoms with E-state index in [0.717, 1.165) is 81.4 Å². The number of carbonyl (C=O) groups is 2. The van der Waals surface area contributed by atoms with Gasteiger partial charge in [0.25, 0.3) is 5.24 Å². The van der Waals surface area contributed by atoms with Crippen LogP contribution < -0.4 is 10.1 Å². The van der Waals surface area contributed by atoms with E-state index in [2.05, 4.69) is 61.7 Å². The number of halogens is 1. The summed E-state index contributed by atoms with van der Waals surface area (Å²) in [6, 6.07) is 29.4. The third-order valence-electron chi connectivity index (χ3n) is 9.93. The van der Waals surface area contributed by atoms with Gasteiger partial charge in [0, 0.05) is 30.5 Å². The van der Waals surface area contributed by atoms with Gasteiger partial charge in [-0.3, -0.25) is 19.1 Å². The summed E-state index contributed by atoms with van der Waals surface area (Å²) in [6.07, 6.45) is 3.18. The van der Waals surface area contributed by atoms with Crippen molar-refractivity contribution in [2.75, 3.05) is 0 Å². The van der Waals surface area contributed by atoms with Crippen molar-refractivity contribution in [3.8, 4) is 28.3 Å². The van der Waals surface area contributed by atoms with Crippen LogP contribution in [0.15, 0.2) is 95.9 Å². The third kappa shape index (κ3) is 8.41. The van der Waals surface area contributed by atoms with E-state index < -0.39 is 16.0 Å². The van der Waals surface area contributed by atoms with E-state index in [-0.39, 0.29) is 23.5 Å². The lowest BCUT2D eigenvalue weighted by atomic mass is 9.98. The van der Waals surface area contributed by atoms with E-state index in [1.807, 2.05) is 78.3 Å². The molecule has 2 atom stereocenters. The van der Waals surface area contributed by atoms with Crippen LogP contribution in [0, 0.1) is 0 Å². The van der Waals surface area contributed by atoms with Crippen LogP contribution in [0.5, 0.6) is 5.75 Å². The lowest BCUT2D eigenvalue weighted by Gasteiger charge is -2.14. The van der Waals surface area contributed by atoms with Crippen molar-refractivity contribution in [2.45, 2.75) is 61.7 Å². The Morgan fingerprint density at radius 3 is 2.42 bits per heavy atom. The van der Waals surface area contributed by atoms with Crippen molar-refractivity contribution in [3.05, 3.63) is 125 Å². The summed E-state index contributed by atoms with van der Waals surface area (Å²) >= 11 is 7.84. The molecule has 16 heteroatoms. The molecule has 0 spiro atoms. The number of aryl methyl sites for hydroxylation is 2. The first-order valence-corrected chi connectivity index (χ1v) is 21.0. The van der Waals surface area contributed by atoms with Gasteiger partial charge < -0.3 is 13.9 Å². The fourth-order valence-corrected chi connectivity index (χ4v) is 9.22. The minimum atomic E-state index is -1.43. The number of thioether (sulfide) groups is 1. The number of H-pyrrole nitrogens is 1. The first kappa shape index (κ1) is 38.2. The molecule has 4 heterocycles. The molecule has 1 aliphatic rings. The minimum absolute atomic E-state index is 0.198. The Hall–Kier alpha value is -5.64. The molecular weight excluding hydrogens is 782 g/mol. The van der Waals surface area contributed by atoms with E-state index in [4.69, 9.17) is 26.3 Å². The molecule has 2 unspecified atom stereocenters. The van der Waals surface area contributed by atoms with Crippen molar-refractivity contribution in [3.63, 3.8) is 0 Å². The maximum absolute atomic E-state index is 14.1. The number of hydrogen-bond donors (Lipinski definition) is 2. The van der Waals surface area contributed by atoms with Gasteiger partial charge in [0.1, 0.15) is 24.0 Å². The zero-order valence-corrected chi connectivity index (χ0v) is 33.5. The van der Waals surface area contributed by atoms with Crippen LogP contribution in [-0.2, 0) is 54.4 Å². The van der Waals surface area contributed by atoms with Gasteiger partial charge in [-0.05, 0) is 70.6 Å². The van der Waals surface area contributed by atoms with Gasteiger partial charge in [-0.2, -0.15) is 5.21 Å². The molecule has 1 fully saturated rings. The van der Waals surface area contributed by atoms with Crippen LogP contribution in [-0.4, -0.2) is 60.3 Å². The summed E-state index contributed by atoms with van der Waals surface area (Å²) in [6.45, 7) is 2.90. The van der Waals surface area contributed by atoms with E-state index >= 15 is 0 Å². The largest absolute Gasteiger partial charge is 0.486 e. The van der Waals surface area contributed by atoms with Gasteiger partial charge in [-0.1, -0.05) is 97.4 Å². The number of fused-ring (bicyclic) bond motifs is 1. The van der Waals surface area contributed by atoms with E-state index in [0.29, 0.717) is 40.4 Å². The highest BCUT2D eigenvalue weighted by molar-refractivity contribution is 8.15. The number of nitrogens with zero attached hydrogens (tertiary/aromatic N) is 7. The molecule has 3 aromatic heterocycles. The van der Waals surface area contributed by atoms with Gasteiger partial charge in [0.15, 0.2) is 5.15 Å². The summed E-state index contributed by atoms with van der Waals surface area (Å²) < 4.78 is 24.2. The average Bonchev–Trinajstić information content (AvgIpc) is 4.01. The smallest absolute Gasteiger partial charge is 0.286 e. The summed E-state index contributed by atoms with van der Waals surface area (Å²) in [4.78, 5) is 33.6. The number of aromatic nitrogens is 8. The molecule has 2 N–H and O–H groups in total. The first-order valence-electron chi connectivity index (χ1n) is 18.5. The number of hydrogen-bond acceptors (Lipinski definition) is 10. The van der Waals surface area contributed by atoms with E-state index in [1.165, 1.54) is 0 Å². The van der Waals surface area contributed by atoms with Gasteiger partial charge >= 0.3 is 0 Å². The zero-order chi connectivity index (χ0) is 39.5. The van der Waals surface area contributed by atoms with Crippen molar-refractivity contribution in [1.82, 2.24) is 45.0 Å². The molecular formula is C41H38ClN9O4S2. The Bertz CT molecular complexity index is 2590. The van der Waals surface area contributed by atoms with Crippen molar-refractivity contribution in [1.29, 1.82) is 0 Å². The molecule has 13 nitrogen and oxygen atoms in total.